The van der Waals surface area contributed by atoms with Gasteiger partial charge in [0, 0.05) is 37.3 Å². The number of hydrogen-bond donors (Lipinski definition) is 2. The lowest BCUT2D eigenvalue weighted by Gasteiger charge is -2.33. The lowest BCUT2D eigenvalue weighted by atomic mass is 9.90. The summed E-state index contributed by atoms with van der Waals surface area (Å²) in [6, 6.07) is 8.85. The van der Waals surface area contributed by atoms with Crippen LogP contribution in [0.25, 0.3) is 10.1 Å². The Morgan fingerprint density at radius 2 is 1.84 bits per heavy atom. The van der Waals surface area contributed by atoms with E-state index in [9.17, 15) is 22.0 Å². The van der Waals surface area contributed by atoms with Crippen LogP contribution in [-0.4, -0.2) is 77.0 Å². The highest BCUT2D eigenvalue weighted by atomic mass is 32.1. The standard InChI is InChI=1S/C32H37F5N4O2S/c1-40(2)22-10-8-21(9-11-22)39-26-6-3-5-23-24(19-32(35,36)37)30(44-31(23)26)7-4-12-38-27-17-25(34)28(18-29(27)43-20-33)41-13-15-42-16-14-41/h3,5-6,17-18,21-22,38-39H,8-16,19-20H2,1-2H3. The zero-order valence-electron chi connectivity index (χ0n) is 24.8. The molecule has 1 aliphatic heterocycles. The van der Waals surface area contributed by atoms with Crippen molar-refractivity contribution in [2.45, 2.75) is 50.4 Å². The van der Waals surface area contributed by atoms with Gasteiger partial charge in [-0.15, -0.1) is 11.3 Å². The number of anilines is 3. The van der Waals surface area contributed by atoms with Crippen LogP contribution in [0.15, 0.2) is 30.3 Å². The summed E-state index contributed by atoms with van der Waals surface area (Å²) in [5.74, 6) is 5.40. The Hall–Kier alpha value is -3.27. The molecule has 2 aromatic carbocycles. The monoisotopic (exact) mass is 636 g/mol. The van der Waals surface area contributed by atoms with Crippen LogP contribution in [0.2, 0.25) is 0 Å². The van der Waals surface area contributed by atoms with E-state index < -0.39 is 25.3 Å². The zero-order chi connectivity index (χ0) is 31.3. The molecule has 3 aromatic rings. The normalized spacial score (nSPS) is 19.1. The van der Waals surface area contributed by atoms with Crippen molar-refractivity contribution >= 4 is 38.5 Å². The first-order chi connectivity index (χ1) is 21.1. The van der Waals surface area contributed by atoms with Gasteiger partial charge in [-0.1, -0.05) is 24.0 Å². The first kappa shape index (κ1) is 32.1. The topological polar surface area (TPSA) is 49.0 Å². The molecule has 12 heteroatoms. The number of morpholine rings is 1. The van der Waals surface area contributed by atoms with E-state index in [1.54, 1.807) is 17.0 Å². The number of nitrogens with one attached hydrogen (secondary N) is 2. The summed E-state index contributed by atoms with van der Waals surface area (Å²) in [7, 11) is 4.17. The van der Waals surface area contributed by atoms with Crippen LogP contribution in [-0.2, 0) is 11.2 Å². The molecular formula is C32H37F5N4O2S. The molecule has 0 amide bonds. The van der Waals surface area contributed by atoms with Crippen molar-refractivity contribution in [3.63, 3.8) is 0 Å². The van der Waals surface area contributed by atoms with Gasteiger partial charge in [-0.25, -0.2) is 8.78 Å². The molecule has 1 saturated heterocycles. The maximum Gasteiger partial charge on any atom is 0.393 e. The molecule has 0 atom stereocenters. The van der Waals surface area contributed by atoms with E-state index >= 15 is 0 Å². The van der Waals surface area contributed by atoms with Crippen LogP contribution in [0.1, 0.15) is 36.1 Å². The predicted molar refractivity (Wildman–Crippen MR) is 166 cm³/mol. The van der Waals surface area contributed by atoms with Gasteiger partial charge in [-0.05, 0) is 56.8 Å². The average molecular weight is 637 g/mol. The molecule has 0 unspecified atom stereocenters. The minimum atomic E-state index is -4.41. The minimum Gasteiger partial charge on any atom is -0.461 e. The fourth-order valence-corrected chi connectivity index (χ4v) is 7.06. The van der Waals surface area contributed by atoms with Gasteiger partial charge in [0.05, 0.1) is 52.8 Å². The number of hydrogen-bond acceptors (Lipinski definition) is 7. The van der Waals surface area contributed by atoms with E-state index in [1.165, 1.54) is 23.5 Å². The van der Waals surface area contributed by atoms with Crippen LogP contribution in [0, 0.1) is 17.7 Å². The third-order valence-corrected chi connectivity index (χ3v) is 9.36. The van der Waals surface area contributed by atoms with E-state index in [4.69, 9.17) is 9.47 Å². The highest BCUT2D eigenvalue weighted by Crippen LogP contribution is 2.40. The summed E-state index contributed by atoms with van der Waals surface area (Å²) in [5, 5.41) is 7.06. The quantitative estimate of drug-likeness (QED) is 0.194. The number of halogens is 5. The lowest BCUT2D eigenvalue weighted by Crippen LogP contribution is -2.36. The number of rotatable bonds is 9. The van der Waals surface area contributed by atoms with Crippen molar-refractivity contribution in [2.24, 2.45) is 0 Å². The Kier molecular flexibility index (Phi) is 10.4. The zero-order valence-corrected chi connectivity index (χ0v) is 25.6. The summed E-state index contributed by atoms with van der Waals surface area (Å²) in [6.45, 7) is 0.780. The Bertz CT molecular complexity index is 1490. The van der Waals surface area contributed by atoms with Crippen LogP contribution in [0.5, 0.6) is 5.75 Å². The molecule has 5 rings (SSSR count). The van der Waals surface area contributed by atoms with E-state index in [1.807, 2.05) is 6.07 Å². The van der Waals surface area contributed by atoms with Crippen LogP contribution < -0.4 is 20.3 Å². The molecule has 0 spiro atoms. The number of ether oxygens (including phenoxy) is 2. The second-order valence-electron chi connectivity index (χ2n) is 11.3. The van der Waals surface area contributed by atoms with E-state index in [2.05, 4.69) is 41.5 Å². The molecule has 1 aliphatic carbocycles. The fourth-order valence-electron chi connectivity index (χ4n) is 5.89. The second kappa shape index (κ2) is 14.2. The van der Waals surface area contributed by atoms with Gasteiger partial charge in [0.2, 0.25) is 6.86 Å². The summed E-state index contributed by atoms with van der Waals surface area (Å²) >= 11 is 1.24. The first-order valence-corrected chi connectivity index (χ1v) is 15.6. The minimum absolute atomic E-state index is 0.0150. The highest BCUT2D eigenvalue weighted by molar-refractivity contribution is 7.20. The van der Waals surface area contributed by atoms with Crippen molar-refractivity contribution in [1.29, 1.82) is 0 Å². The Balaban J connectivity index is 1.36. The number of benzene rings is 2. The summed E-state index contributed by atoms with van der Waals surface area (Å²) in [5.41, 5.74) is 1.45. The molecule has 6 nitrogen and oxygen atoms in total. The molecule has 2 fully saturated rings. The molecule has 238 valence electrons. The Morgan fingerprint density at radius 1 is 1.09 bits per heavy atom. The third kappa shape index (κ3) is 7.86. The summed E-state index contributed by atoms with van der Waals surface area (Å²) in [6.07, 6.45) is -1.40. The largest absolute Gasteiger partial charge is 0.461 e. The molecule has 2 aliphatic rings. The van der Waals surface area contributed by atoms with E-state index in [0.29, 0.717) is 42.6 Å². The molecular weight excluding hydrogens is 599 g/mol. The number of thiophene rings is 1. The maximum absolute atomic E-state index is 15.0. The molecule has 44 heavy (non-hydrogen) atoms. The van der Waals surface area contributed by atoms with Crippen molar-refractivity contribution in [3.8, 4) is 17.6 Å². The van der Waals surface area contributed by atoms with Crippen molar-refractivity contribution < 1.29 is 31.4 Å². The highest BCUT2D eigenvalue weighted by Gasteiger charge is 2.31. The smallest absolute Gasteiger partial charge is 0.393 e. The lowest BCUT2D eigenvalue weighted by molar-refractivity contribution is -0.126. The first-order valence-electron chi connectivity index (χ1n) is 14.7. The summed E-state index contributed by atoms with van der Waals surface area (Å²) in [4.78, 5) is 4.37. The van der Waals surface area contributed by atoms with Crippen molar-refractivity contribution in [3.05, 3.63) is 46.6 Å². The molecule has 2 N–H and O–H groups in total. The van der Waals surface area contributed by atoms with Gasteiger partial charge >= 0.3 is 6.18 Å². The molecule has 1 aromatic heterocycles. The van der Waals surface area contributed by atoms with Gasteiger partial charge in [0.25, 0.3) is 0 Å². The van der Waals surface area contributed by atoms with Crippen molar-refractivity contribution in [1.82, 2.24) is 4.90 Å². The molecule has 1 saturated carbocycles. The molecule has 2 heterocycles. The van der Waals surface area contributed by atoms with Gasteiger partial charge in [-0.3, -0.25) is 0 Å². The number of alkyl halides is 4. The number of nitrogens with zero attached hydrogens (tertiary/aromatic N) is 2. The van der Waals surface area contributed by atoms with Gasteiger partial charge in [0.15, 0.2) is 0 Å². The SMILES string of the molecule is CN(C)C1CCC(Nc2cccc3c(CC(F)(F)F)c(C#CCNc4cc(F)c(N5CCOCC5)cc4OCF)sc23)CC1. The Morgan fingerprint density at radius 3 is 2.52 bits per heavy atom. The third-order valence-electron chi connectivity index (χ3n) is 8.16. The maximum atomic E-state index is 15.0. The second-order valence-corrected chi connectivity index (χ2v) is 12.3. The Labute approximate surface area is 258 Å². The molecule has 0 bridgehead atoms. The average Bonchev–Trinajstić information content (AvgIpc) is 3.33. The van der Waals surface area contributed by atoms with E-state index in [0.717, 1.165) is 36.1 Å². The van der Waals surface area contributed by atoms with Gasteiger partial charge in [0.1, 0.15) is 11.6 Å². The van der Waals surface area contributed by atoms with Gasteiger partial charge < -0.3 is 29.9 Å². The molecule has 0 radical (unpaired) electrons. The van der Waals surface area contributed by atoms with Crippen LogP contribution in [0.3, 0.4) is 0 Å². The fraction of sp³-hybridized carbons (Fsp3) is 0.500. The van der Waals surface area contributed by atoms with Gasteiger partial charge in [-0.2, -0.15) is 13.2 Å². The van der Waals surface area contributed by atoms with Crippen LogP contribution >= 0.6 is 11.3 Å². The predicted octanol–water partition coefficient (Wildman–Crippen LogP) is 7.04. The van der Waals surface area contributed by atoms with Crippen molar-refractivity contribution in [2.75, 3.05) is 69.3 Å². The summed E-state index contributed by atoms with van der Waals surface area (Å²) < 4.78 is 80.3. The van der Waals surface area contributed by atoms with Crippen LogP contribution in [0.4, 0.5) is 39.0 Å². The number of fused-ring (bicyclic) bond motifs is 1. The van der Waals surface area contributed by atoms with E-state index in [-0.39, 0.29) is 35.3 Å².